The molecule has 3 rings (SSSR count). The molecule has 5 nitrogen and oxygen atoms in total. The standard InChI is InChI=1S/C24H26O5S/c1-5-28-19-9-7-16(12-21(19)26-3)11-18-15-30-23(24(18)25)14-17-8-10-20(29-6-2)22(13-17)27-4/h7-14H,5-6,15H2,1-4H3/b18-11+,23-14-. The second kappa shape index (κ2) is 10.3. The molecule has 0 aromatic heterocycles. The van der Waals surface area contributed by atoms with Crippen LogP contribution in [-0.4, -0.2) is 39.0 Å². The summed E-state index contributed by atoms with van der Waals surface area (Å²) in [4.78, 5) is 13.6. The number of Topliss-reactive ketones (excluding diaryl/α,β-unsaturated/α-hetero) is 1. The summed E-state index contributed by atoms with van der Waals surface area (Å²) in [5, 5.41) is 0. The van der Waals surface area contributed by atoms with Gasteiger partial charge in [-0.2, -0.15) is 0 Å². The summed E-state index contributed by atoms with van der Waals surface area (Å²) in [6.07, 6.45) is 3.80. The number of methoxy groups -OCH3 is 2. The molecular weight excluding hydrogens is 400 g/mol. The van der Waals surface area contributed by atoms with Gasteiger partial charge in [0.05, 0.1) is 32.3 Å². The maximum Gasteiger partial charge on any atom is 0.196 e. The van der Waals surface area contributed by atoms with Gasteiger partial charge in [-0.05, 0) is 61.4 Å². The predicted molar refractivity (Wildman–Crippen MR) is 122 cm³/mol. The van der Waals surface area contributed by atoms with Gasteiger partial charge in [0.2, 0.25) is 0 Å². The first-order valence-electron chi connectivity index (χ1n) is 9.81. The topological polar surface area (TPSA) is 54.0 Å². The number of hydrogen-bond donors (Lipinski definition) is 0. The van der Waals surface area contributed by atoms with Crippen LogP contribution in [0.15, 0.2) is 46.9 Å². The van der Waals surface area contributed by atoms with Gasteiger partial charge in [-0.25, -0.2) is 0 Å². The lowest BCUT2D eigenvalue weighted by molar-refractivity contribution is -0.111. The third kappa shape index (κ3) is 5.00. The monoisotopic (exact) mass is 426 g/mol. The summed E-state index contributed by atoms with van der Waals surface area (Å²) in [5.74, 6) is 3.37. The summed E-state index contributed by atoms with van der Waals surface area (Å²) >= 11 is 1.54. The molecule has 2 aromatic rings. The molecule has 0 N–H and O–H groups in total. The van der Waals surface area contributed by atoms with Gasteiger partial charge in [0.1, 0.15) is 0 Å². The third-order valence-corrected chi connectivity index (χ3v) is 5.58. The molecular formula is C24H26O5S. The van der Waals surface area contributed by atoms with E-state index in [2.05, 4.69) is 0 Å². The lowest BCUT2D eigenvalue weighted by Gasteiger charge is -2.10. The number of carbonyl (C=O) groups is 1. The molecule has 1 fully saturated rings. The van der Waals surface area contributed by atoms with Crippen molar-refractivity contribution in [2.24, 2.45) is 0 Å². The highest BCUT2D eigenvalue weighted by Gasteiger charge is 2.24. The van der Waals surface area contributed by atoms with Crippen LogP contribution in [0.1, 0.15) is 25.0 Å². The maximum absolute atomic E-state index is 12.9. The van der Waals surface area contributed by atoms with Gasteiger partial charge in [-0.15, -0.1) is 11.8 Å². The lowest BCUT2D eigenvalue weighted by Crippen LogP contribution is -1.98. The van der Waals surface area contributed by atoms with Crippen LogP contribution in [0.4, 0.5) is 0 Å². The van der Waals surface area contributed by atoms with Crippen LogP contribution in [-0.2, 0) is 4.79 Å². The molecule has 158 valence electrons. The Hall–Kier alpha value is -2.86. The summed E-state index contributed by atoms with van der Waals surface area (Å²) in [5.41, 5.74) is 2.56. The fourth-order valence-electron chi connectivity index (χ4n) is 3.11. The largest absolute Gasteiger partial charge is 0.493 e. The van der Waals surface area contributed by atoms with Gasteiger partial charge in [-0.3, -0.25) is 4.79 Å². The Morgan fingerprint density at radius 3 is 1.87 bits per heavy atom. The molecule has 0 unspecified atom stereocenters. The molecule has 6 heteroatoms. The second-order valence-corrected chi connectivity index (χ2v) is 7.50. The molecule has 1 saturated heterocycles. The first-order chi connectivity index (χ1) is 14.6. The molecule has 0 amide bonds. The van der Waals surface area contributed by atoms with E-state index >= 15 is 0 Å². The maximum atomic E-state index is 12.9. The van der Waals surface area contributed by atoms with Crippen molar-refractivity contribution in [3.05, 3.63) is 58.0 Å². The van der Waals surface area contributed by atoms with Crippen LogP contribution < -0.4 is 18.9 Å². The second-order valence-electron chi connectivity index (χ2n) is 6.48. The highest BCUT2D eigenvalue weighted by atomic mass is 32.2. The van der Waals surface area contributed by atoms with Crippen molar-refractivity contribution in [3.63, 3.8) is 0 Å². The number of benzene rings is 2. The van der Waals surface area contributed by atoms with Gasteiger partial charge >= 0.3 is 0 Å². The van der Waals surface area contributed by atoms with Crippen molar-refractivity contribution in [2.45, 2.75) is 13.8 Å². The number of allylic oxidation sites excluding steroid dienone is 1. The van der Waals surface area contributed by atoms with E-state index in [4.69, 9.17) is 18.9 Å². The van der Waals surface area contributed by atoms with Gasteiger partial charge < -0.3 is 18.9 Å². The zero-order chi connectivity index (χ0) is 21.5. The Balaban J connectivity index is 1.82. The molecule has 0 saturated carbocycles. The molecule has 0 spiro atoms. The molecule has 1 aliphatic heterocycles. The minimum Gasteiger partial charge on any atom is -0.493 e. The van der Waals surface area contributed by atoms with Crippen molar-refractivity contribution >= 4 is 29.7 Å². The SMILES string of the molecule is CCOc1ccc(/C=C2\CS/C(=C\c3ccc(OCC)c(OC)c3)C2=O)cc1OC. The van der Waals surface area contributed by atoms with E-state index in [1.165, 1.54) is 11.8 Å². The summed E-state index contributed by atoms with van der Waals surface area (Å²) in [6.45, 7) is 4.99. The molecule has 1 aliphatic rings. The van der Waals surface area contributed by atoms with Gasteiger partial charge in [0.25, 0.3) is 0 Å². The van der Waals surface area contributed by atoms with E-state index in [9.17, 15) is 4.79 Å². The zero-order valence-electron chi connectivity index (χ0n) is 17.7. The quantitative estimate of drug-likeness (QED) is 0.538. The Morgan fingerprint density at radius 2 is 1.37 bits per heavy atom. The number of carbonyl (C=O) groups excluding carboxylic acids is 1. The normalized spacial score (nSPS) is 16.2. The number of thioether (sulfide) groups is 1. The average Bonchev–Trinajstić information content (AvgIpc) is 3.09. The fourth-order valence-corrected chi connectivity index (χ4v) is 4.12. The third-order valence-electron chi connectivity index (χ3n) is 4.51. The predicted octanol–water partition coefficient (Wildman–Crippen LogP) is 5.24. The summed E-state index contributed by atoms with van der Waals surface area (Å²) < 4.78 is 21.9. The number of rotatable bonds is 8. The van der Waals surface area contributed by atoms with Crippen molar-refractivity contribution in [1.29, 1.82) is 0 Å². The Bertz CT molecular complexity index is 900. The highest BCUT2D eigenvalue weighted by molar-refractivity contribution is 8.05. The number of ether oxygens (including phenoxy) is 4. The smallest absolute Gasteiger partial charge is 0.196 e. The lowest BCUT2D eigenvalue weighted by atomic mass is 10.1. The van der Waals surface area contributed by atoms with Crippen molar-refractivity contribution in [3.8, 4) is 23.0 Å². The van der Waals surface area contributed by atoms with Crippen molar-refractivity contribution in [1.82, 2.24) is 0 Å². The van der Waals surface area contributed by atoms with E-state index < -0.39 is 0 Å². The first kappa shape index (κ1) is 21.8. The number of ketones is 1. The molecule has 0 atom stereocenters. The Kier molecular flexibility index (Phi) is 7.46. The molecule has 0 bridgehead atoms. The van der Waals surface area contributed by atoms with Crippen LogP contribution in [0.5, 0.6) is 23.0 Å². The van der Waals surface area contributed by atoms with E-state index in [1.54, 1.807) is 14.2 Å². The minimum absolute atomic E-state index is 0.0423. The van der Waals surface area contributed by atoms with E-state index in [0.29, 0.717) is 46.9 Å². The van der Waals surface area contributed by atoms with Crippen LogP contribution in [0.25, 0.3) is 12.2 Å². The minimum atomic E-state index is 0.0423. The molecule has 2 aromatic carbocycles. The molecule has 0 aliphatic carbocycles. The Labute approximate surface area is 181 Å². The van der Waals surface area contributed by atoms with Gasteiger partial charge in [0, 0.05) is 11.3 Å². The molecule has 1 heterocycles. The summed E-state index contributed by atoms with van der Waals surface area (Å²) in [7, 11) is 3.22. The van der Waals surface area contributed by atoms with Crippen LogP contribution >= 0.6 is 11.8 Å². The van der Waals surface area contributed by atoms with E-state index in [1.807, 2.05) is 62.4 Å². The van der Waals surface area contributed by atoms with Crippen LogP contribution in [0.2, 0.25) is 0 Å². The van der Waals surface area contributed by atoms with Gasteiger partial charge in [0.15, 0.2) is 28.8 Å². The average molecular weight is 427 g/mol. The zero-order valence-corrected chi connectivity index (χ0v) is 18.5. The number of hydrogen-bond acceptors (Lipinski definition) is 6. The van der Waals surface area contributed by atoms with E-state index in [-0.39, 0.29) is 5.78 Å². The van der Waals surface area contributed by atoms with Crippen LogP contribution in [0.3, 0.4) is 0 Å². The Morgan fingerprint density at radius 1 is 0.833 bits per heavy atom. The molecule has 0 radical (unpaired) electrons. The highest BCUT2D eigenvalue weighted by Crippen LogP contribution is 2.36. The summed E-state index contributed by atoms with van der Waals surface area (Å²) in [6, 6.07) is 11.3. The van der Waals surface area contributed by atoms with Crippen molar-refractivity contribution in [2.75, 3.05) is 33.2 Å². The van der Waals surface area contributed by atoms with E-state index in [0.717, 1.165) is 16.7 Å². The molecule has 30 heavy (non-hydrogen) atoms. The van der Waals surface area contributed by atoms with Crippen LogP contribution in [0, 0.1) is 0 Å². The van der Waals surface area contributed by atoms with Gasteiger partial charge in [-0.1, -0.05) is 12.1 Å². The first-order valence-corrected chi connectivity index (χ1v) is 10.8. The van der Waals surface area contributed by atoms with Crippen molar-refractivity contribution < 1.29 is 23.7 Å². The fraction of sp³-hybridized carbons (Fsp3) is 0.292.